The lowest BCUT2D eigenvalue weighted by molar-refractivity contribution is -0.131. The van der Waals surface area contributed by atoms with Gasteiger partial charge in [-0.3, -0.25) is 19.4 Å². The van der Waals surface area contributed by atoms with Crippen LogP contribution in [0.25, 0.3) is 20.7 Å². The quantitative estimate of drug-likeness (QED) is 0.141. The van der Waals surface area contributed by atoms with Gasteiger partial charge in [-0.15, -0.1) is 11.3 Å². The largest absolute Gasteiger partial charge is 0.453 e. The normalized spacial score (nSPS) is 20.2. The molecule has 2 bridgehead atoms. The van der Waals surface area contributed by atoms with Crippen molar-refractivity contribution in [2.45, 2.75) is 31.7 Å². The van der Waals surface area contributed by atoms with Crippen LogP contribution in [0.1, 0.15) is 36.0 Å². The van der Waals surface area contributed by atoms with Crippen LogP contribution < -0.4 is 20.7 Å². The highest BCUT2D eigenvalue weighted by molar-refractivity contribution is 7.22. The minimum Gasteiger partial charge on any atom is -0.453 e. The van der Waals surface area contributed by atoms with Crippen LogP contribution in [-0.2, 0) is 9.59 Å². The van der Waals surface area contributed by atoms with E-state index in [1.807, 2.05) is 30.3 Å². The zero-order valence-corrected chi connectivity index (χ0v) is 27.7. The molecule has 2 aromatic heterocycles. The molecule has 5 heterocycles. The van der Waals surface area contributed by atoms with Crippen molar-refractivity contribution < 1.29 is 27.9 Å². The number of ether oxygens (including phenoxy) is 1. The Hall–Kier alpha value is -5.20. The topological polar surface area (TPSA) is 113 Å². The summed E-state index contributed by atoms with van der Waals surface area (Å²) < 4.78 is 35.3. The van der Waals surface area contributed by atoms with Crippen molar-refractivity contribution in [3.63, 3.8) is 0 Å². The van der Waals surface area contributed by atoms with E-state index in [0.717, 1.165) is 53.7 Å². The van der Waals surface area contributed by atoms with Gasteiger partial charge in [0.25, 0.3) is 5.91 Å². The summed E-state index contributed by atoms with van der Waals surface area (Å²) >= 11 is 1.45. The molecule has 3 aromatic carbocycles. The Morgan fingerprint density at radius 2 is 1.54 bits per heavy atom. The molecular weight excluding hydrogens is 661 g/mol. The number of nitrogens with one attached hydrogen (secondary N) is 3. The van der Waals surface area contributed by atoms with E-state index in [2.05, 4.69) is 25.8 Å². The summed E-state index contributed by atoms with van der Waals surface area (Å²) in [4.78, 5) is 46.8. The predicted molar refractivity (Wildman–Crippen MR) is 187 cm³/mol. The van der Waals surface area contributed by atoms with E-state index < -0.39 is 28.9 Å². The van der Waals surface area contributed by atoms with Gasteiger partial charge in [0.05, 0.1) is 10.2 Å². The van der Waals surface area contributed by atoms with E-state index >= 15 is 4.39 Å². The first-order valence-corrected chi connectivity index (χ1v) is 17.4. The highest BCUT2D eigenvalue weighted by Crippen LogP contribution is 2.48. The molecule has 0 spiro atoms. The Balaban J connectivity index is 0.926. The lowest BCUT2D eigenvalue weighted by Gasteiger charge is -2.44. The molecule has 1 unspecified atom stereocenters. The van der Waals surface area contributed by atoms with Crippen LogP contribution in [0.5, 0.6) is 11.5 Å². The van der Waals surface area contributed by atoms with Crippen LogP contribution in [0.2, 0.25) is 0 Å². The highest BCUT2D eigenvalue weighted by atomic mass is 32.1. The molecule has 4 fully saturated rings. The third-order valence-electron chi connectivity index (χ3n) is 9.91. The molecule has 12 heteroatoms. The number of aromatic nitrogens is 1. The molecule has 1 aliphatic carbocycles. The third kappa shape index (κ3) is 6.32. The minimum atomic E-state index is -1.28. The number of carbonyl (C=O) groups excluding carboxylic acids is 3. The summed E-state index contributed by atoms with van der Waals surface area (Å²) in [6.07, 6.45) is 4.55. The fourth-order valence-electron chi connectivity index (χ4n) is 6.80. The van der Waals surface area contributed by atoms with E-state index in [1.165, 1.54) is 47.7 Å². The molecular formula is C38H33F2N5O4S. The Kier molecular flexibility index (Phi) is 8.28. The van der Waals surface area contributed by atoms with Crippen molar-refractivity contribution >= 4 is 50.6 Å². The number of hydrogen-bond donors (Lipinski definition) is 3. The van der Waals surface area contributed by atoms with Crippen molar-refractivity contribution in [1.82, 2.24) is 15.2 Å². The molecule has 3 N–H and O–H groups in total. The first-order valence-electron chi connectivity index (χ1n) is 16.6. The van der Waals surface area contributed by atoms with Gasteiger partial charge in [-0.2, -0.15) is 0 Å². The lowest BCUT2D eigenvalue weighted by atomic mass is 9.84. The van der Waals surface area contributed by atoms with Crippen molar-refractivity contribution in [2.75, 3.05) is 30.3 Å². The van der Waals surface area contributed by atoms with E-state index in [0.29, 0.717) is 41.3 Å². The van der Waals surface area contributed by atoms with Crippen LogP contribution in [0, 0.1) is 23.0 Å². The number of thiophene rings is 1. The maximum absolute atomic E-state index is 15.3. The average molecular weight is 694 g/mol. The van der Waals surface area contributed by atoms with Crippen molar-refractivity contribution in [2.24, 2.45) is 11.3 Å². The number of amides is 3. The molecule has 9 rings (SSSR count). The van der Waals surface area contributed by atoms with E-state index in [9.17, 15) is 18.8 Å². The number of nitrogens with zero attached hydrogens (tertiary/aromatic N) is 2. The van der Waals surface area contributed by atoms with Gasteiger partial charge in [0.15, 0.2) is 11.6 Å². The van der Waals surface area contributed by atoms with Gasteiger partial charge in [0.2, 0.25) is 11.8 Å². The smallest absolute Gasteiger partial charge is 0.251 e. The molecule has 4 aliphatic rings. The van der Waals surface area contributed by atoms with Gasteiger partial charge < -0.3 is 25.6 Å². The summed E-state index contributed by atoms with van der Waals surface area (Å²) in [5.74, 6) is -1.31. The van der Waals surface area contributed by atoms with Crippen molar-refractivity contribution in [3.05, 3.63) is 102 Å². The Morgan fingerprint density at radius 3 is 2.20 bits per heavy atom. The zero-order chi connectivity index (χ0) is 34.4. The second-order valence-corrected chi connectivity index (χ2v) is 14.2. The highest BCUT2D eigenvalue weighted by Gasteiger charge is 2.56. The second-order valence-electron chi connectivity index (χ2n) is 13.2. The van der Waals surface area contributed by atoms with Crippen LogP contribution in [0.15, 0.2) is 85.1 Å². The van der Waals surface area contributed by atoms with Crippen LogP contribution in [0.4, 0.5) is 20.2 Å². The first kappa shape index (κ1) is 32.0. The number of carbonyl (C=O) groups is 3. The SMILES string of the molecule is O=C(NC1CN2CCC1CC2)c1ccc(-c2cc3nccc(Oc4ccc(NC(=O)C5(C(=O)Nc6ccc(F)cc6)CC5)cc4F)c3s2)cc1. The number of fused-ring (bicyclic) bond motifs is 4. The summed E-state index contributed by atoms with van der Waals surface area (Å²) in [5.41, 5.74) is 1.50. The lowest BCUT2D eigenvalue weighted by Crippen LogP contribution is -2.57. The number of anilines is 2. The molecule has 1 saturated carbocycles. The first-order chi connectivity index (χ1) is 24.2. The Bertz CT molecular complexity index is 2110. The summed E-state index contributed by atoms with van der Waals surface area (Å²) in [6.45, 7) is 3.16. The summed E-state index contributed by atoms with van der Waals surface area (Å²) in [5, 5.41) is 8.54. The number of pyridine rings is 1. The Morgan fingerprint density at radius 1 is 0.840 bits per heavy atom. The molecule has 9 nitrogen and oxygen atoms in total. The zero-order valence-electron chi connectivity index (χ0n) is 26.9. The van der Waals surface area contributed by atoms with Crippen molar-refractivity contribution in [3.8, 4) is 21.9 Å². The fourth-order valence-corrected chi connectivity index (χ4v) is 7.87. The molecule has 0 radical (unpaired) electrons. The second kappa shape index (κ2) is 12.9. The molecule has 3 saturated heterocycles. The molecule has 254 valence electrons. The fraction of sp³-hybridized carbons (Fsp3) is 0.263. The third-order valence-corrected chi connectivity index (χ3v) is 11.1. The van der Waals surface area contributed by atoms with Crippen LogP contribution >= 0.6 is 11.3 Å². The number of hydrogen-bond acceptors (Lipinski definition) is 7. The number of halogens is 2. The number of rotatable bonds is 9. The average Bonchev–Trinajstić information content (AvgIpc) is 3.83. The van der Waals surface area contributed by atoms with Gasteiger partial charge in [-0.05, 0) is 105 Å². The Labute approximate surface area is 290 Å². The number of benzene rings is 3. The summed E-state index contributed by atoms with van der Waals surface area (Å²) in [7, 11) is 0. The minimum absolute atomic E-state index is 0.0426. The van der Waals surface area contributed by atoms with Gasteiger partial charge in [0, 0.05) is 52.7 Å². The standard InChI is InChI=1S/C38H33F2N5O4S/c39-25-5-7-26(8-6-25)42-36(47)38(14-15-38)37(48)43-27-9-10-31(28(40)19-27)49-32-11-16-41-29-20-33(50-34(29)32)23-1-3-24(4-2-23)35(46)44-30-21-45-17-12-22(30)13-18-45/h1-11,16,19-20,22,30H,12-15,17-18,21H2,(H,42,47)(H,43,48)(H,44,46). The molecule has 3 aliphatic heterocycles. The predicted octanol–water partition coefficient (Wildman–Crippen LogP) is 7.22. The maximum Gasteiger partial charge on any atom is 0.251 e. The van der Waals surface area contributed by atoms with Gasteiger partial charge in [-0.25, -0.2) is 8.78 Å². The van der Waals surface area contributed by atoms with Gasteiger partial charge in [-0.1, -0.05) is 12.1 Å². The van der Waals surface area contributed by atoms with Crippen LogP contribution in [-0.4, -0.2) is 53.3 Å². The molecule has 5 aromatic rings. The summed E-state index contributed by atoms with van der Waals surface area (Å²) in [6, 6.07) is 20.6. The molecule has 1 atom stereocenters. The molecule has 50 heavy (non-hydrogen) atoms. The monoisotopic (exact) mass is 693 g/mol. The number of piperidine rings is 3. The molecule has 3 amide bonds. The van der Waals surface area contributed by atoms with Gasteiger partial charge >= 0.3 is 0 Å². The van der Waals surface area contributed by atoms with E-state index in [4.69, 9.17) is 4.74 Å². The van der Waals surface area contributed by atoms with E-state index in [1.54, 1.807) is 12.3 Å². The van der Waals surface area contributed by atoms with E-state index in [-0.39, 0.29) is 23.4 Å². The van der Waals surface area contributed by atoms with Crippen molar-refractivity contribution in [1.29, 1.82) is 0 Å². The van der Waals surface area contributed by atoms with Gasteiger partial charge in [0.1, 0.15) is 17.0 Å². The van der Waals surface area contributed by atoms with Crippen LogP contribution in [0.3, 0.4) is 0 Å². The maximum atomic E-state index is 15.3.